The van der Waals surface area contributed by atoms with Crippen molar-refractivity contribution in [2.45, 2.75) is 0 Å². The Morgan fingerprint density at radius 3 is 2.57 bits per heavy atom. The van der Waals surface area contributed by atoms with E-state index in [9.17, 15) is 4.79 Å². The van der Waals surface area contributed by atoms with Crippen LogP contribution in [-0.2, 0) is 4.79 Å². The minimum absolute atomic E-state index is 0.00815. The normalized spacial score (nSPS) is 10.4. The van der Waals surface area contributed by atoms with Gasteiger partial charge in [-0.25, -0.2) is 9.64 Å². The molecule has 0 spiro atoms. The topological polar surface area (TPSA) is 41.7 Å². The van der Waals surface area contributed by atoms with Crippen LogP contribution in [0, 0.1) is 6.57 Å². The summed E-state index contributed by atoms with van der Waals surface area (Å²) in [4.78, 5) is 13.6. The summed E-state index contributed by atoms with van der Waals surface area (Å²) in [5.74, 6) is -1.09. The molecule has 0 saturated carbocycles. The average molecular weight is 184 g/mol. The molecule has 67 valence electrons. The van der Waals surface area contributed by atoms with Gasteiger partial charge in [0.15, 0.2) is 13.5 Å². The highest BCUT2D eigenvalue weighted by atomic mass is 16.4. The van der Waals surface area contributed by atoms with Crippen LogP contribution in [0.2, 0.25) is 0 Å². The van der Waals surface area contributed by atoms with E-state index in [0.29, 0.717) is 0 Å². The largest absolute Gasteiger partial charge is 0.479 e. The van der Waals surface area contributed by atoms with Gasteiger partial charge in [-0.05, 0) is 0 Å². The number of carboxylic acid groups (broad SMARTS) is 1. The van der Waals surface area contributed by atoms with Crippen molar-refractivity contribution in [3.8, 4) is 0 Å². The van der Waals surface area contributed by atoms with Crippen molar-refractivity contribution >= 4 is 18.7 Å². The molecular weight excluding hydrogens is 177 g/mol. The lowest BCUT2D eigenvalue weighted by Crippen LogP contribution is -2.20. The first-order valence-electron chi connectivity index (χ1n) is 3.94. The second-order valence-corrected chi connectivity index (χ2v) is 2.57. The molecule has 0 saturated heterocycles. The van der Waals surface area contributed by atoms with Gasteiger partial charge in [0.25, 0.3) is 0 Å². The zero-order chi connectivity index (χ0) is 10.4. The lowest BCUT2D eigenvalue weighted by molar-refractivity contribution is -0.131. The maximum Gasteiger partial charge on any atom is 0.311 e. The highest BCUT2D eigenvalue weighted by Gasteiger charge is 2.08. The summed E-state index contributed by atoms with van der Waals surface area (Å²) in [5.41, 5.74) is 0.760. The van der Waals surface area contributed by atoms with Gasteiger partial charge in [-0.15, -0.1) is 0 Å². The standard InChI is InChI=1S/C10H7BNO2/c1-12-7-9(10(13)14)11-8-5-3-2-4-6-8/h2-7H,(H,13,14). The Hall–Kier alpha value is -2.02. The van der Waals surface area contributed by atoms with E-state index in [-0.39, 0.29) is 5.47 Å². The van der Waals surface area contributed by atoms with Gasteiger partial charge in [0, 0.05) is 5.47 Å². The third-order valence-electron chi connectivity index (χ3n) is 1.57. The maximum atomic E-state index is 10.7. The van der Waals surface area contributed by atoms with Crippen molar-refractivity contribution < 1.29 is 9.90 Å². The van der Waals surface area contributed by atoms with Crippen LogP contribution in [0.15, 0.2) is 42.0 Å². The lowest BCUT2D eigenvalue weighted by atomic mass is 9.63. The smallest absolute Gasteiger partial charge is 0.311 e. The van der Waals surface area contributed by atoms with E-state index < -0.39 is 5.97 Å². The van der Waals surface area contributed by atoms with Crippen LogP contribution in [0.1, 0.15) is 0 Å². The molecule has 4 heteroatoms. The Balaban J connectivity index is 2.82. The molecule has 0 atom stereocenters. The fourth-order valence-corrected chi connectivity index (χ4v) is 0.953. The van der Waals surface area contributed by atoms with E-state index in [1.165, 1.54) is 7.28 Å². The highest BCUT2D eigenvalue weighted by molar-refractivity contribution is 6.66. The van der Waals surface area contributed by atoms with Gasteiger partial charge in [0.1, 0.15) is 0 Å². The van der Waals surface area contributed by atoms with Gasteiger partial charge >= 0.3 is 5.97 Å². The molecule has 1 rings (SSSR count). The van der Waals surface area contributed by atoms with Crippen molar-refractivity contribution in [1.82, 2.24) is 0 Å². The molecule has 0 aromatic heterocycles. The van der Waals surface area contributed by atoms with Crippen LogP contribution in [0.3, 0.4) is 0 Å². The number of aliphatic carboxylic acids is 1. The number of benzene rings is 1. The van der Waals surface area contributed by atoms with Gasteiger partial charge in [0.2, 0.25) is 0 Å². The Bertz CT molecular complexity index is 392. The van der Waals surface area contributed by atoms with E-state index >= 15 is 0 Å². The van der Waals surface area contributed by atoms with Crippen LogP contribution in [0.25, 0.3) is 4.85 Å². The number of hydrogen-bond acceptors (Lipinski definition) is 1. The number of hydrogen-bond donors (Lipinski definition) is 1. The summed E-state index contributed by atoms with van der Waals surface area (Å²) >= 11 is 0. The number of carbonyl (C=O) groups is 1. The molecule has 1 N–H and O–H groups in total. The maximum absolute atomic E-state index is 10.7. The predicted octanol–water partition coefficient (Wildman–Crippen LogP) is 0.861. The van der Waals surface area contributed by atoms with Crippen molar-refractivity contribution in [3.63, 3.8) is 0 Å². The molecule has 0 heterocycles. The van der Waals surface area contributed by atoms with Crippen LogP contribution in [-0.4, -0.2) is 18.4 Å². The molecule has 0 aliphatic rings. The second kappa shape index (κ2) is 4.88. The summed E-state index contributed by atoms with van der Waals surface area (Å²) in [7, 11) is 1.46. The Morgan fingerprint density at radius 1 is 1.43 bits per heavy atom. The molecule has 0 amide bonds. The van der Waals surface area contributed by atoms with Gasteiger partial charge < -0.3 is 5.11 Å². The summed E-state index contributed by atoms with van der Waals surface area (Å²) in [6.45, 7) is 6.56. The minimum atomic E-state index is -1.09. The molecule has 0 fully saturated rings. The van der Waals surface area contributed by atoms with Crippen molar-refractivity contribution in [1.29, 1.82) is 0 Å². The van der Waals surface area contributed by atoms with Crippen molar-refractivity contribution in [2.24, 2.45) is 0 Å². The Labute approximate surface area is 82.7 Å². The molecule has 1 aromatic rings. The molecule has 0 unspecified atom stereocenters. The first kappa shape index (κ1) is 10.1. The van der Waals surface area contributed by atoms with E-state index in [1.807, 2.05) is 18.2 Å². The molecule has 0 aliphatic heterocycles. The lowest BCUT2D eigenvalue weighted by Gasteiger charge is -1.98. The SMILES string of the molecule is [C-]#[N+]C=C([B]c1ccccc1)C(=O)O. The summed E-state index contributed by atoms with van der Waals surface area (Å²) in [5, 5.41) is 8.72. The van der Waals surface area contributed by atoms with Gasteiger partial charge in [-0.3, -0.25) is 0 Å². The molecule has 1 radical (unpaired) electrons. The predicted molar refractivity (Wildman–Crippen MR) is 54.2 cm³/mol. The third kappa shape index (κ3) is 2.79. The molecule has 1 aromatic carbocycles. The summed E-state index contributed by atoms with van der Waals surface area (Å²) in [6, 6.07) is 9.02. The minimum Gasteiger partial charge on any atom is -0.479 e. The molecular formula is C10H7BNO2. The quantitative estimate of drug-likeness (QED) is 0.430. The Morgan fingerprint density at radius 2 is 2.07 bits per heavy atom. The van der Waals surface area contributed by atoms with Crippen LogP contribution in [0.5, 0.6) is 0 Å². The summed E-state index contributed by atoms with van der Waals surface area (Å²) < 4.78 is 0. The zero-order valence-corrected chi connectivity index (χ0v) is 7.34. The fraction of sp³-hybridized carbons (Fsp3) is 0. The first-order valence-corrected chi connectivity index (χ1v) is 3.94. The molecule has 14 heavy (non-hydrogen) atoms. The van der Waals surface area contributed by atoms with E-state index in [4.69, 9.17) is 11.7 Å². The molecule has 0 bridgehead atoms. The van der Waals surface area contributed by atoms with Gasteiger partial charge in [0.05, 0.1) is 6.57 Å². The molecule has 3 nitrogen and oxygen atoms in total. The van der Waals surface area contributed by atoms with Crippen LogP contribution < -0.4 is 5.46 Å². The van der Waals surface area contributed by atoms with E-state index in [1.54, 1.807) is 12.1 Å². The average Bonchev–Trinajstić information content (AvgIpc) is 2.18. The number of nitrogens with zero attached hydrogens (tertiary/aromatic N) is 1. The van der Waals surface area contributed by atoms with E-state index in [2.05, 4.69) is 4.85 Å². The third-order valence-corrected chi connectivity index (χ3v) is 1.57. The number of rotatable bonds is 3. The number of carboxylic acids is 1. The van der Waals surface area contributed by atoms with E-state index in [0.717, 1.165) is 11.7 Å². The van der Waals surface area contributed by atoms with Crippen LogP contribution in [0.4, 0.5) is 0 Å². The fourth-order valence-electron chi connectivity index (χ4n) is 0.953. The summed E-state index contributed by atoms with van der Waals surface area (Å²) in [6.07, 6.45) is 0.995. The van der Waals surface area contributed by atoms with Crippen molar-refractivity contribution in [3.05, 3.63) is 53.4 Å². The first-order chi connectivity index (χ1) is 6.74. The van der Waals surface area contributed by atoms with Gasteiger partial charge in [-0.2, -0.15) is 0 Å². The van der Waals surface area contributed by atoms with Crippen LogP contribution >= 0.6 is 0 Å². The monoisotopic (exact) mass is 184 g/mol. The highest BCUT2D eigenvalue weighted by Crippen LogP contribution is 1.94. The van der Waals surface area contributed by atoms with Crippen molar-refractivity contribution in [2.75, 3.05) is 0 Å². The second-order valence-electron chi connectivity index (χ2n) is 2.57. The Kier molecular flexibility index (Phi) is 3.51. The van der Waals surface area contributed by atoms with Gasteiger partial charge in [-0.1, -0.05) is 35.8 Å². The zero-order valence-electron chi connectivity index (χ0n) is 7.34. The molecule has 0 aliphatic carbocycles.